The molecule has 0 fully saturated rings. The lowest BCUT2D eigenvalue weighted by Gasteiger charge is -2.06. The number of rotatable bonds is 3. The van der Waals surface area contributed by atoms with E-state index in [9.17, 15) is 9.59 Å². The first-order chi connectivity index (χ1) is 6.54. The van der Waals surface area contributed by atoms with Crippen LogP contribution < -0.4 is 10.4 Å². The van der Waals surface area contributed by atoms with Gasteiger partial charge in [0.2, 0.25) is 5.88 Å². The Morgan fingerprint density at radius 1 is 1.71 bits per heavy atom. The molecule has 0 atom stereocenters. The van der Waals surface area contributed by atoms with Gasteiger partial charge in [0.1, 0.15) is 0 Å². The smallest absolute Gasteiger partial charge is 0.350 e. The normalized spacial score (nSPS) is 9.86. The van der Waals surface area contributed by atoms with E-state index in [0.717, 1.165) is 0 Å². The SMILES string of the molecule is COc1cc(CC(=O)O)n(C)c(=O)n1. The van der Waals surface area contributed by atoms with E-state index in [1.165, 1.54) is 24.8 Å². The van der Waals surface area contributed by atoms with Gasteiger partial charge in [0.15, 0.2) is 0 Å². The maximum Gasteiger partial charge on any atom is 0.350 e. The number of nitrogens with zero attached hydrogens (tertiary/aromatic N) is 2. The van der Waals surface area contributed by atoms with Crippen molar-refractivity contribution in [1.82, 2.24) is 9.55 Å². The van der Waals surface area contributed by atoms with Crippen LogP contribution in [0, 0.1) is 0 Å². The third kappa shape index (κ3) is 2.09. The lowest BCUT2D eigenvalue weighted by atomic mass is 10.3. The van der Waals surface area contributed by atoms with E-state index in [2.05, 4.69) is 4.98 Å². The van der Waals surface area contributed by atoms with Crippen LogP contribution in [0.1, 0.15) is 5.69 Å². The third-order valence-electron chi connectivity index (χ3n) is 1.76. The Hall–Kier alpha value is -1.85. The van der Waals surface area contributed by atoms with Crippen molar-refractivity contribution in [2.75, 3.05) is 7.11 Å². The molecule has 6 heteroatoms. The van der Waals surface area contributed by atoms with Crippen LogP contribution in [0.4, 0.5) is 0 Å². The molecular formula is C8H10N2O4. The molecule has 1 N–H and O–H groups in total. The van der Waals surface area contributed by atoms with Crippen LogP contribution in [-0.4, -0.2) is 27.7 Å². The minimum atomic E-state index is -1.01. The van der Waals surface area contributed by atoms with Crippen molar-refractivity contribution in [3.8, 4) is 5.88 Å². The second kappa shape index (κ2) is 3.91. The van der Waals surface area contributed by atoms with E-state index < -0.39 is 11.7 Å². The van der Waals surface area contributed by atoms with E-state index in [1.54, 1.807) is 0 Å². The van der Waals surface area contributed by atoms with Gasteiger partial charge in [-0.3, -0.25) is 9.36 Å². The van der Waals surface area contributed by atoms with Crippen molar-refractivity contribution in [2.24, 2.45) is 7.05 Å². The molecule has 0 spiro atoms. The average Bonchev–Trinajstić information content (AvgIpc) is 2.11. The number of carboxylic acid groups (broad SMARTS) is 1. The van der Waals surface area contributed by atoms with Crippen molar-refractivity contribution in [1.29, 1.82) is 0 Å². The fraction of sp³-hybridized carbons (Fsp3) is 0.375. The van der Waals surface area contributed by atoms with E-state index in [0.29, 0.717) is 5.69 Å². The molecule has 0 saturated heterocycles. The van der Waals surface area contributed by atoms with Crippen LogP contribution in [0.3, 0.4) is 0 Å². The molecule has 0 unspecified atom stereocenters. The minimum Gasteiger partial charge on any atom is -0.481 e. The highest BCUT2D eigenvalue weighted by atomic mass is 16.5. The molecule has 0 amide bonds. The van der Waals surface area contributed by atoms with Gasteiger partial charge in [-0.15, -0.1) is 0 Å². The molecular weight excluding hydrogens is 188 g/mol. The molecule has 1 aromatic rings. The Kier molecular flexibility index (Phi) is 2.85. The van der Waals surface area contributed by atoms with E-state index >= 15 is 0 Å². The average molecular weight is 198 g/mol. The Bertz CT molecular complexity index is 410. The van der Waals surface area contributed by atoms with Gasteiger partial charge in [0.05, 0.1) is 13.5 Å². The summed E-state index contributed by atoms with van der Waals surface area (Å²) >= 11 is 0. The lowest BCUT2D eigenvalue weighted by Crippen LogP contribution is -2.24. The number of methoxy groups -OCH3 is 1. The molecule has 1 heterocycles. The largest absolute Gasteiger partial charge is 0.481 e. The van der Waals surface area contributed by atoms with Gasteiger partial charge in [-0.25, -0.2) is 4.79 Å². The van der Waals surface area contributed by atoms with Crippen LogP contribution in [0.15, 0.2) is 10.9 Å². The number of aliphatic carboxylic acids is 1. The van der Waals surface area contributed by atoms with Crippen molar-refractivity contribution in [2.45, 2.75) is 6.42 Å². The summed E-state index contributed by atoms with van der Waals surface area (Å²) < 4.78 is 5.93. The summed E-state index contributed by atoms with van der Waals surface area (Å²) in [6, 6.07) is 1.43. The van der Waals surface area contributed by atoms with Crippen LogP contribution in [0.2, 0.25) is 0 Å². The van der Waals surface area contributed by atoms with Crippen molar-refractivity contribution < 1.29 is 14.6 Å². The number of carboxylic acids is 1. The zero-order valence-corrected chi connectivity index (χ0v) is 7.85. The molecule has 1 aromatic heterocycles. The molecule has 14 heavy (non-hydrogen) atoms. The first-order valence-electron chi connectivity index (χ1n) is 3.87. The number of aromatic nitrogens is 2. The molecule has 76 valence electrons. The van der Waals surface area contributed by atoms with Crippen molar-refractivity contribution in [3.05, 3.63) is 22.2 Å². The Morgan fingerprint density at radius 2 is 2.36 bits per heavy atom. The zero-order chi connectivity index (χ0) is 10.7. The van der Waals surface area contributed by atoms with E-state index in [1.807, 2.05) is 0 Å². The van der Waals surface area contributed by atoms with Crippen LogP contribution in [-0.2, 0) is 18.3 Å². The highest BCUT2D eigenvalue weighted by molar-refractivity contribution is 5.69. The second-order valence-corrected chi connectivity index (χ2v) is 2.70. The summed E-state index contributed by atoms with van der Waals surface area (Å²) in [5.41, 5.74) is -0.171. The highest BCUT2D eigenvalue weighted by Crippen LogP contribution is 2.05. The number of ether oxygens (including phenoxy) is 1. The molecule has 1 rings (SSSR count). The topological polar surface area (TPSA) is 81.4 Å². The first-order valence-corrected chi connectivity index (χ1v) is 3.87. The zero-order valence-electron chi connectivity index (χ0n) is 7.85. The number of hydrogen-bond acceptors (Lipinski definition) is 4. The monoisotopic (exact) mass is 198 g/mol. The number of hydrogen-bond donors (Lipinski definition) is 1. The predicted molar refractivity (Wildman–Crippen MR) is 47.4 cm³/mol. The van der Waals surface area contributed by atoms with E-state index in [-0.39, 0.29) is 12.3 Å². The molecule has 6 nitrogen and oxygen atoms in total. The third-order valence-corrected chi connectivity index (χ3v) is 1.76. The standard InChI is InChI=1S/C8H10N2O4/c1-10-5(4-7(11)12)3-6(14-2)9-8(10)13/h3H,4H2,1-2H3,(H,11,12). The van der Waals surface area contributed by atoms with Crippen molar-refractivity contribution >= 4 is 5.97 Å². The highest BCUT2D eigenvalue weighted by Gasteiger charge is 2.08. The second-order valence-electron chi connectivity index (χ2n) is 2.70. The Labute approximate surface area is 79.8 Å². The summed E-state index contributed by atoms with van der Waals surface area (Å²) in [5.74, 6) is -0.877. The minimum absolute atomic E-state index is 0.129. The molecule has 0 radical (unpaired) electrons. The molecule has 0 aliphatic rings. The summed E-state index contributed by atoms with van der Waals surface area (Å²) in [6.45, 7) is 0. The van der Waals surface area contributed by atoms with Gasteiger partial charge in [0.25, 0.3) is 0 Å². The maximum absolute atomic E-state index is 11.2. The predicted octanol–water partition coefficient (Wildman–Crippen LogP) is -0.584. The Morgan fingerprint density at radius 3 is 2.86 bits per heavy atom. The Balaban J connectivity index is 3.20. The van der Waals surface area contributed by atoms with Crippen LogP contribution >= 0.6 is 0 Å². The lowest BCUT2D eigenvalue weighted by molar-refractivity contribution is -0.136. The van der Waals surface area contributed by atoms with E-state index in [4.69, 9.17) is 9.84 Å². The van der Waals surface area contributed by atoms with Gasteiger partial charge in [-0.05, 0) is 0 Å². The van der Waals surface area contributed by atoms with Gasteiger partial charge in [0, 0.05) is 18.8 Å². The fourth-order valence-corrected chi connectivity index (χ4v) is 0.993. The van der Waals surface area contributed by atoms with Gasteiger partial charge >= 0.3 is 11.7 Å². The molecule has 0 bridgehead atoms. The summed E-state index contributed by atoms with van der Waals surface area (Å²) in [7, 11) is 2.83. The molecule has 0 aromatic carbocycles. The summed E-state index contributed by atoms with van der Waals surface area (Å²) in [6.07, 6.45) is -0.232. The summed E-state index contributed by atoms with van der Waals surface area (Å²) in [4.78, 5) is 25.2. The molecule has 0 aliphatic heterocycles. The van der Waals surface area contributed by atoms with Crippen LogP contribution in [0.5, 0.6) is 5.88 Å². The van der Waals surface area contributed by atoms with Gasteiger partial charge in [-0.2, -0.15) is 4.98 Å². The fourth-order valence-electron chi connectivity index (χ4n) is 0.993. The van der Waals surface area contributed by atoms with Gasteiger partial charge in [-0.1, -0.05) is 0 Å². The van der Waals surface area contributed by atoms with Crippen LogP contribution in [0.25, 0.3) is 0 Å². The van der Waals surface area contributed by atoms with Gasteiger partial charge < -0.3 is 9.84 Å². The quantitative estimate of drug-likeness (QED) is 0.702. The maximum atomic E-state index is 11.2. The van der Waals surface area contributed by atoms with Crippen molar-refractivity contribution in [3.63, 3.8) is 0 Å². The number of carbonyl (C=O) groups is 1. The molecule has 0 aliphatic carbocycles. The molecule has 0 saturated carbocycles. The summed E-state index contributed by atoms with van der Waals surface area (Å²) in [5, 5.41) is 8.57. The first kappa shape index (κ1) is 10.2.